The zero-order valence-electron chi connectivity index (χ0n) is 35.8. The number of hydrogen-bond donors (Lipinski definition) is 0. The smallest absolute Gasteiger partial charge is 0.306 e. The average Bonchev–Trinajstić information content (AvgIpc) is 3.15. The first-order valence-electron chi connectivity index (χ1n) is 23.5. The van der Waals surface area contributed by atoms with E-state index in [0.29, 0.717) is 19.3 Å². The van der Waals surface area contributed by atoms with E-state index in [4.69, 9.17) is 14.2 Å². The second-order valence-electron chi connectivity index (χ2n) is 16.0. The molecule has 53 heavy (non-hydrogen) atoms. The molecule has 314 valence electrons. The van der Waals surface area contributed by atoms with Gasteiger partial charge in [0.25, 0.3) is 0 Å². The second kappa shape index (κ2) is 43.1. The van der Waals surface area contributed by atoms with Crippen LogP contribution in [0.4, 0.5) is 0 Å². The lowest BCUT2D eigenvalue weighted by molar-refractivity contribution is -0.167. The Morgan fingerprint density at radius 1 is 0.302 bits per heavy atom. The van der Waals surface area contributed by atoms with Crippen LogP contribution < -0.4 is 0 Å². The highest BCUT2D eigenvalue weighted by atomic mass is 16.6. The molecule has 0 N–H and O–H groups in total. The number of hydrogen-bond acceptors (Lipinski definition) is 6. The summed E-state index contributed by atoms with van der Waals surface area (Å²) in [4.78, 5) is 37.7. The van der Waals surface area contributed by atoms with Crippen molar-refractivity contribution in [1.29, 1.82) is 0 Å². The highest BCUT2D eigenvalue weighted by molar-refractivity contribution is 5.71. The molecule has 0 aliphatic heterocycles. The van der Waals surface area contributed by atoms with Crippen LogP contribution in [-0.4, -0.2) is 37.2 Å². The lowest BCUT2D eigenvalue weighted by atomic mass is 10.0. The number of ether oxygens (including phenoxy) is 3. The van der Waals surface area contributed by atoms with Gasteiger partial charge < -0.3 is 14.2 Å². The molecule has 0 spiro atoms. The van der Waals surface area contributed by atoms with Crippen LogP contribution in [0.2, 0.25) is 0 Å². The quantitative estimate of drug-likeness (QED) is 0.0351. The molecule has 0 unspecified atom stereocenters. The number of esters is 3. The predicted octanol–water partition coefficient (Wildman–Crippen LogP) is 14.9. The Labute approximate surface area is 329 Å². The molecule has 0 bridgehead atoms. The Morgan fingerprint density at radius 3 is 0.755 bits per heavy atom. The van der Waals surface area contributed by atoms with Crippen molar-refractivity contribution in [3.05, 3.63) is 0 Å². The van der Waals surface area contributed by atoms with Gasteiger partial charge in [0.1, 0.15) is 13.2 Å². The van der Waals surface area contributed by atoms with Gasteiger partial charge in [-0.1, -0.05) is 226 Å². The van der Waals surface area contributed by atoms with Crippen molar-refractivity contribution in [1.82, 2.24) is 0 Å². The minimum Gasteiger partial charge on any atom is -0.462 e. The molecular formula is C47H90O6. The Morgan fingerprint density at radius 2 is 0.509 bits per heavy atom. The standard InChI is InChI=1S/C47H90O6/c1-4-7-10-13-16-19-22-24-26-29-32-35-38-41-47(50)53-44(42-51-45(48)39-36-33-30-27-21-18-15-12-9-6-3)43-52-46(49)40-37-34-31-28-25-23-20-17-14-11-8-5-2/h44H,4-43H2,1-3H3/t44-/m1/s1. The third-order valence-electron chi connectivity index (χ3n) is 10.6. The van der Waals surface area contributed by atoms with Crippen LogP contribution in [-0.2, 0) is 28.6 Å². The van der Waals surface area contributed by atoms with E-state index in [9.17, 15) is 14.4 Å². The minimum atomic E-state index is -0.757. The highest BCUT2D eigenvalue weighted by Crippen LogP contribution is 2.16. The third kappa shape index (κ3) is 41.4. The van der Waals surface area contributed by atoms with Crippen molar-refractivity contribution in [2.45, 2.75) is 271 Å². The maximum absolute atomic E-state index is 12.7. The van der Waals surface area contributed by atoms with Crippen molar-refractivity contribution in [2.24, 2.45) is 0 Å². The topological polar surface area (TPSA) is 78.9 Å². The summed E-state index contributed by atoms with van der Waals surface area (Å²) in [5.41, 5.74) is 0. The molecule has 0 radical (unpaired) electrons. The van der Waals surface area contributed by atoms with E-state index in [2.05, 4.69) is 20.8 Å². The van der Waals surface area contributed by atoms with Crippen molar-refractivity contribution in [3.8, 4) is 0 Å². The van der Waals surface area contributed by atoms with Crippen LogP contribution in [0.15, 0.2) is 0 Å². The fraction of sp³-hybridized carbons (Fsp3) is 0.936. The molecule has 0 heterocycles. The first kappa shape index (κ1) is 51.4. The summed E-state index contributed by atoms with van der Waals surface area (Å²) in [5, 5.41) is 0. The minimum absolute atomic E-state index is 0.0625. The van der Waals surface area contributed by atoms with Crippen molar-refractivity contribution in [3.63, 3.8) is 0 Å². The van der Waals surface area contributed by atoms with Crippen LogP contribution in [0.3, 0.4) is 0 Å². The first-order chi connectivity index (χ1) is 26.0. The number of rotatable bonds is 43. The maximum Gasteiger partial charge on any atom is 0.306 e. The Balaban J connectivity index is 4.31. The van der Waals surface area contributed by atoms with Crippen molar-refractivity contribution in [2.75, 3.05) is 13.2 Å². The van der Waals surface area contributed by atoms with Crippen LogP contribution in [0.5, 0.6) is 0 Å². The van der Waals surface area contributed by atoms with E-state index in [-0.39, 0.29) is 31.1 Å². The van der Waals surface area contributed by atoms with E-state index in [0.717, 1.165) is 57.8 Å². The van der Waals surface area contributed by atoms with Gasteiger partial charge in [0.2, 0.25) is 0 Å². The molecule has 0 aliphatic carbocycles. The number of carbonyl (C=O) groups is 3. The lowest BCUT2D eigenvalue weighted by Gasteiger charge is -2.18. The van der Waals surface area contributed by atoms with E-state index in [1.54, 1.807) is 0 Å². The summed E-state index contributed by atoms with van der Waals surface area (Å²) < 4.78 is 16.7. The molecular weight excluding hydrogens is 661 g/mol. The van der Waals surface area contributed by atoms with Gasteiger partial charge in [0.05, 0.1) is 0 Å². The van der Waals surface area contributed by atoms with E-state index in [1.165, 1.54) is 167 Å². The Bertz CT molecular complexity index is 783. The SMILES string of the molecule is CCCCCCCCCCCCCCCC(=O)O[C@H](COC(=O)CCCCCCCCCCCC)COC(=O)CCCCCCCCCCCCCC. The Kier molecular flexibility index (Phi) is 41.8. The predicted molar refractivity (Wildman–Crippen MR) is 224 cm³/mol. The zero-order valence-corrected chi connectivity index (χ0v) is 35.8. The summed E-state index contributed by atoms with van der Waals surface area (Å²) in [6.45, 7) is 6.64. The molecule has 0 amide bonds. The van der Waals surface area contributed by atoms with Gasteiger partial charge in [0, 0.05) is 19.3 Å². The third-order valence-corrected chi connectivity index (χ3v) is 10.6. The largest absolute Gasteiger partial charge is 0.462 e. The van der Waals surface area contributed by atoms with Gasteiger partial charge in [-0.3, -0.25) is 14.4 Å². The fourth-order valence-electron chi connectivity index (χ4n) is 7.03. The van der Waals surface area contributed by atoms with Crippen LogP contribution in [0, 0.1) is 0 Å². The molecule has 6 nitrogen and oxygen atoms in total. The van der Waals surface area contributed by atoms with Crippen molar-refractivity contribution < 1.29 is 28.6 Å². The monoisotopic (exact) mass is 751 g/mol. The molecule has 6 heteroatoms. The summed E-state index contributed by atoms with van der Waals surface area (Å²) in [6, 6.07) is 0. The normalized spacial score (nSPS) is 11.8. The summed E-state index contributed by atoms with van der Waals surface area (Å²) in [7, 11) is 0. The van der Waals surface area contributed by atoms with Crippen LogP contribution in [0.1, 0.15) is 265 Å². The maximum atomic E-state index is 12.7. The zero-order chi connectivity index (χ0) is 38.7. The summed E-state index contributed by atoms with van der Waals surface area (Å²) in [6.07, 6.45) is 43.6. The van der Waals surface area contributed by atoms with E-state index in [1.807, 2.05) is 0 Å². The van der Waals surface area contributed by atoms with Crippen LogP contribution >= 0.6 is 0 Å². The fourth-order valence-corrected chi connectivity index (χ4v) is 7.03. The lowest BCUT2D eigenvalue weighted by Crippen LogP contribution is -2.30. The van der Waals surface area contributed by atoms with Crippen molar-refractivity contribution >= 4 is 17.9 Å². The first-order valence-corrected chi connectivity index (χ1v) is 23.5. The van der Waals surface area contributed by atoms with Gasteiger partial charge in [-0.05, 0) is 19.3 Å². The molecule has 0 aliphatic rings. The molecule has 0 aromatic rings. The van der Waals surface area contributed by atoms with Gasteiger partial charge in [0.15, 0.2) is 6.10 Å². The van der Waals surface area contributed by atoms with E-state index >= 15 is 0 Å². The average molecular weight is 751 g/mol. The molecule has 0 saturated carbocycles. The Hall–Kier alpha value is -1.59. The molecule has 0 aromatic heterocycles. The van der Waals surface area contributed by atoms with Gasteiger partial charge in [-0.15, -0.1) is 0 Å². The molecule has 1 atom stereocenters. The van der Waals surface area contributed by atoms with E-state index < -0.39 is 6.10 Å². The summed E-state index contributed by atoms with van der Waals surface area (Å²) in [5.74, 6) is -0.850. The number of unbranched alkanes of at least 4 members (excludes halogenated alkanes) is 32. The van der Waals surface area contributed by atoms with Gasteiger partial charge in [-0.25, -0.2) is 0 Å². The van der Waals surface area contributed by atoms with Gasteiger partial charge in [-0.2, -0.15) is 0 Å². The van der Waals surface area contributed by atoms with Crippen LogP contribution in [0.25, 0.3) is 0 Å². The molecule has 0 saturated heterocycles. The highest BCUT2D eigenvalue weighted by Gasteiger charge is 2.19. The molecule has 0 aromatic carbocycles. The van der Waals surface area contributed by atoms with Gasteiger partial charge >= 0.3 is 17.9 Å². The number of carbonyl (C=O) groups excluding carboxylic acids is 3. The second-order valence-corrected chi connectivity index (χ2v) is 16.0. The molecule has 0 fully saturated rings. The summed E-state index contributed by atoms with van der Waals surface area (Å²) >= 11 is 0. The molecule has 0 rings (SSSR count).